The summed E-state index contributed by atoms with van der Waals surface area (Å²) < 4.78 is 16.9. The minimum atomic E-state index is -0.725. The maximum Gasteiger partial charge on any atom is 0.234 e. The van der Waals surface area contributed by atoms with Crippen LogP contribution in [0, 0.1) is 11.8 Å². The minimum Gasteiger partial charge on any atom is -0.454 e. The van der Waals surface area contributed by atoms with Crippen molar-refractivity contribution >= 4 is 17.5 Å². The van der Waals surface area contributed by atoms with Gasteiger partial charge < -0.3 is 24.4 Å². The van der Waals surface area contributed by atoms with Crippen LogP contribution < -0.4 is 19.7 Å². The van der Waals surface area contributed by atoms with Crippen molar-refractivity contribution in [3.63, 3.8) is 0 Å². The summed E-state index contributed by atoms with van der Waals surface area (Å²) >= 11 is 0. The zero-order valence-corrected chi connectivity index (χ0v) is 14.6. The molecule has 2 fully saturated rings. The first-order chi connectivity index (χ1) is 12.5. The molecule has 4 unspecified atom stereocenters. The Labute approximate surface area is 150 Å². The van der Waals surface area contributed by atoms with Crippen molar-refractivity contribution in [3.8, 4) is 11.5 Å². The van der Waals surface area contributed by atoms with Crippen LogP contribution in [0.1, 0.15) is 13.8 Å². The van der Waals surface area contributed by atoms with Gasteiger partial charge in [-0.25, -0.2) is 0 Å². The van der Waals surface area contributed by atoms with Crippen molar-refractivity contribution in [1.29, 1.82) is 0 Å². The topological polar surface area (TPSA) is 77.1 Å². The summed E-state index contributed by atoms with van der Waals surface area (Å²) in [6.45, 7) is 4.40. The van der Waals surface area contributed by atoms with Crippen molar-refractivity contribution in [2.45, 2.75) is 31.6 Å². The smallest absolute Gasteiger partial charge is 0.234 e. The van der Waals surface area contributed by atoms with Gasteiger partial charge in [-0.3, -0.25) is 9.59 Å². The summed E-state index contributed by atoms with van der Waals surface area (Å²) in [6.07, 6.45) is 3.53. The molecule has 4 aliphatic rings. The molecule has 1 spiro atoms. The average Bonchev–Trinajstić information content (AvgIpc) is 3.33. The van der Waals surface area contributed by atoms with Crippen LogP contribution in [0.4, 0.5) is 5.69 Å². The Morgan fingerprint density at radius 2 is 2.12 bits per heavy atom. The molecule has 7 nitrogen and oxygen atoms in total. The Kier molecular flexibility index (Phi) is 3.16. The van der Waals surface area contributed by atoms with E-state index in [1.165, 1.54) is 0 Å². The lowest BCUT2D eigenvalue weighted by Gasteiger charge is -2.24. The number of rotatable bonds is 3. The molecule has 0 aromatic heterocycles. The highest BCUT2D eigenvalue weighted by Crippen LogP contribution is 2.53. The number of nitrogens with one attached hydrogen (secondary N) is 1. The highest BCUT2D eigenvalue weighted by molar-refractivity contribution is 6.03. The van der Waals surface area contributed by atoms with Crippen LogP contribution in [0.3, 0.4) is 0 Å². The number of nitrogens with zero attached hydrogens (tertiary/aromatic N) is 1. The second-order valence-electron chi connectivity index (χ2n) is 7.53. The third kappa shape index (κ3) is 2.03. The molecule has 0 saturated carbocycles. The van der Waals surface area contributed by atoms with Gasteiger partial charge >= 0.3 is 0 Å². The molecule has 4 heterocycles. The molecule has 26 heavy (non-hydrogen) atoms. The molecular weight excluding hydrogens is 336 g/mol. The molecule has 2 amide bonds. The van der Waals surface area contributed by atoms with Crippen LogP contribution in [0.5, 0.6) is 11.5 Å². The molecule has 4 atom stereocenters. The maximum atomic E-state index is 13.2. The van der Waals surface area contributed by atoms with E-state index < -0.39 is 17.4 Å². The lowest BCUT2D eigenvalue weighted by atomic mass is 9.76. The van der Waals surface area contributed by atoms with E-state index in [4.69, 9.17) is 14.2 Å². The molecule has 5 rings (SSSR count). The van der Waals surface area contributed by atoms with Crippen LogP contribution in [-0.2, 0) is 14.3 Å². The van der Waals surface area contributed by atoms with Gasteiger partial charge in [0.15, 0.2) is 11.5 Å². The number of fused-ring (bicyclic) bond motifs is 2. The number of carbonyl (C=O) groups is 2. The molecular formula is C19H20N2O5. The van der Waals surface area contributed by atoms with Crippen LogP contribution in [0.25, 0.3) is 0 Å². The fourth-order valence-electron chi connectivity index (χ4n) is 4.45. The van der Waals surface area contributed by atoms with Crippen molar-refractivity contribution in [2.75, 3.05) is 18.2 Å². The lowest BCUT2D eigenvalue weighted by molar-refractivity contribution is -0.132. The number of amides is 2. The third-order valence-electron chi connectivity index (χ3n) is 5.50. The van der Waals surface area contributed by atoms with E-state index in [2.05, 4.69) is 5.32 Å². The summed E-state index contributed by atoms with van der Waals surface area (Å²) in [5.74, 6) is 0.0991. The summed E-state index contributed by atoms with van der Waals surface area (Å²) in [7, 11) is 0. The summed E-state index contributed by atoms with van der Waals surface area (Å²) in [5, 5.41) is 2.93. The highest BCUT2D eigenvalue weighted by atomic mass is 16.7. The maximum absolute atomic E-state index is 13.2. The van der Waals surface area contributed by atoms with E-state index in [0.717, 1.165) is 5.69 Å². The molecule has 1 N–H and O–H groups in total. The zero-order chi connectivity index (χ0) is 18.1. The summed E-state index contributed by atoms with van der Waals surface area (Å²) in [4.78, 5) is 27.6. The van der Waals surface area contributed by atoms with Gasteiger partial charge in [-0.1, -0.05) is 12.2 Å². The monoisotopic (exact) mass is 356 g/mol. The van der Waals surface area contributed by atoms with Crippen LogP contribution in [0.15, 0.2) is 30.4 Å². The van der Waals surface area contributed by atoms with E-state index in [9.17, 15) is 9.59 Å². The zero-order valence-electron chi connectivity index (χ0n) is 14.6. The summed E-state index contributed by atoms with van der Waals surface area (Å²) in [5.41, 5.74) is 0.00314. The molecule has 2 bridgehead atoms. The second-order valence-corrected chi connectivity index (χ2v) is 7.53. The number of carbonyl (C=O) groups excluding carboxylic acids is 2. The molecule has 4 aliphatic heterocycles. The van der Waals surface area contributed by atoms with Crippen molar-refractivity contribution in [3.05, 3.63) is 30.4 Å². The minimum absolute atomic E-state index is 0.0167. The molecule has 136 valence electrons. The van der Waals surface area contributed by atoms with Gasteiger partial charge in [-0.05, 0) is 26.0 Å². The molecule has 0 radical (unpaired) electrons. The van der Waals surface area contributed by atoms with Crippen LogP contribution in [0.2, 0.25) is 0 Å². The van der Waals surface area contributed by atoms with E-state index >= 15 is 0 Å². The number of anilines is 1. The van der Waals surface area contributed by atoms with E-state index in [0.29, 0.717) is 18.0 Å². The first-order valence-electron chi connectivity index (χ1n) is 8.87. The average molecular weight is 356 g/mol. The van der Waals surface area contributed by atoms with Gasteiger partial charge in [0, 0.05) is 17.8 Å². The van der Waals surface area contributed by atoms with Gasteiger partial charge in [-0.15, -0.1) is 0 Å². The Morgan fingerprint density at radius 3 is 2.92 bits per heavy atom. The molecule has 7 heteroatoms. The fourth-order valence-corrected chi connectivity index (χ4v) is 4.45. The third-order valence-corrected chi connectivity index (χ3v) is 5.50. The Balaban J connectivity index is 1.48. The Hall–Kier alpha value is -2.54. The first kappa shape index (κ1) is 15.7. The number of hydrogen-bond donors (Lipinski definition) is 1. The van der Waals surface area contributed by atoms with E-state index in [-0.39, 0.29) is 30.8 Å². The van der Waals surface area contributed by atoms with Crippen LogP contribution in [-0.4, -0.2) is 42.9 Å². The molecule has 2 saturated heterocycles. The lowest BCUT2D eigenvalue weighted by Crippen LogP contribution is -2.45. The predicted octanol–water partition coefficient (Wildman–Crippen LogP) is 1.23. The number of ether oxygens (including phenoxy) is 3. The largest absolute Gasteiger partial charge is 0.454 e. The van der Waals surface area contributed by atoms with Gasteiger partial charge in [0.2, 0.25) is 18.6 Å². The number of hydrogen-bond acceptors (Lipinski definition) is 5. The standard InChI is InChI=1S/C19H20N2O5/c1-10(2)20-17(22)15-13-5-6-19(26-13)8-21(18(23)16(15)19)11-3-4-12-14(7-11)25-9-24-12/h3-7,10,13,15-16H,8-9H2,1-2H3,(H,20,22). The highest BCUT2D eigenvalue weighted by Gasteiger charge is 2.67. The van der Waals surface area contributed by atoms with Gasteiger partial charge in [0.05, 0.1) is 24.5 Å². The quantitative estimate of drug-likeness (QED) is 0.825. The fraction of sp³-hybridized carbons (Fsp3) is 0.474. The van der Waals surface area contributed by atoms with Crippen molar-refractivity contribution < 1.29 is 23.8 Å². The normalized spacial score (nSPS) is 33.3. The Bertz CT molecular complexity index is 835. The second kappa shape index (κ2) is 5.23. The van der Waals surface area contributed by atoms with Gasteiger partial charge in [-0.2, -0.15) is 0 Å². The predicted molar refractivity (Wildman–Crippen MR) is 91.9 cm³/mol. The van der Waals surface area contributed by atoms with E-state index in [1.54, 1.807) is 17.0 Å². The first-order valence-corrected chi connectivity index (χ1v) is 8.87. The summed E-state index contributed by atoms with van der Waals surface area (Å²) in [6, 6.07) is 5.45. The Morgan fingerprint density at radius 1 is 1.31 bits per heavy atom. The molecule has 1 aromatic carbocycles. The van der Waals surface area contributed by atoms with Gasteiger partial charge in [0.1, 0.15) is 5.60 Å². The number of benzene rings is 1. The van der Waals surface area contributed by atoms with Crippen molar-refractivity contribution in [1.82, 2.24) is 5.32 Å². The SMILES string of the molecule is CC(C)NC(=O)C1C2C=CC3(CN(c4ccc5c(c4)OCO5)C(=O)C13)O2. The van der Waals surface area contributed by atoms with Gasteiger partial charge in [0.25, 0.3) is 0 Å². The van der Waals surface area contributed by atoms with E-state index in [1.807, 2.05) is 32.1 Å². The van der Waals surface area contributed by atoms with Crippen LogP contribution >= 0.6 is 0 Å². The van der Waals surface area contributed by atoms with Crippen molar-refractivity contribution in [2.24, 2.45) is 11.8 Å². The molecule has 0 aliphatic carbocycles. The molecule has 1 aromatic rings.